The Morgan fingerprint density at radius 2 is 2.33 bits per heavy atom. The first-order valence-electron chi connectivity index (χ1n) is 3.55. The molecule has 0 aromatic heterocycles. The molecule has 0 bridgehead atoms. The van der Waals surface area contributed by atoms with Gasteiger partial charge in [-0.15, -0.1) is 0 Å². The van der Waals surface area contributed by atoms with Gasteiger partial charge in [0.15, 0.2) is 0 Å². The number of carbonyl (C=O) groups is 1. The summed E-state index contributed by atoms with van der Waals surface area (Å²) >= 11 is 0. The predicted molar refractivity (Wildman–Crippen MR) is 50.6 cm³/mol. The third kappa shape index (κ3) is 1.50. The highest BCUT2D eigenvalue weighted by Gasteiger charge is 1.98. The number of aldehydes is 1. The topological polar surface area (TPSA) is 41.5 Å². The van der Waals surface area contributed by atoms with Crippen LogP contribution < -0.4 is 5.32 Å². The van der Waals surface area contributed by atoms with Crippen LogP contribution in [0.5, 0.6) is 0 Å². The van der Waals surface area contributed by atoms with Gasteiger partial charge in [0.2, 0.25) is 0 Å². The van der Waals surface area contributed by atoms with E-state index in [-0.39, 0.29) is 0 Å². The Labute approximate surface area is 71.1 Å². The van der Waals surface area contributed by atoms with Gasteiger partial charge in [0, 0.05) is 12.6 Å². The summed E-state index contributed by atoms with van der Waals surface area (Å²) in [5.74, 6) is 0. The highest BCUT2D eigenvalue weighted by atomic mass is 16.1. The molecule has 0 amide bonds. The Hall–Kier alpha value is -1.64. The lowest BCUT2D eigenvalue weighted by Gasteiger charge is -2.03. The van der Waals surface area contributed by atoms with E-state index in [4.69, 9.17) is 0 Å². The Kier molecular flexibility index (Phi) is 2.58. The van der Waals surface area contributed by atoms with Crippen molar-refractivity contribution in [2.24, 2.45) is 4.99 Å². The summed E-state index contributed by atoms with van der Waals surface area (Å²) in [5, 5.41) is 2.95. The molecular formula is C9H10N2O. The zero-order chi connectivity index (χ0) is 8.97. The fourth-order valence-corrected chi connectivity index (χ4v) is 0.964. The van der Waals surface area contributed by atoms with Crippen LogP contribution >= 0.6 is 0 Å². The number of benzene rings is 1. The quantitative estimate of drug-likeness (QED) is 0.544. The normalized spacial score (nSPS) is 9.08. The van der Waals surface area contributed by atoms with Crippen molar-refractivity contribution in [3.05, 3.63) is 23.8 Å². The van der Waals surface area contributed by atoms with Crippen LogP contribution in [-0.4, -0.2) is 20.1 Å². The minimum atomic E-state index is 0.608. The Balaban J connectivity index is 3.18. The number of nitrogens with zero attached hydrogens (tertiary/aromatic N) is 1. The van der Waals surface area contributed by atoms with Crippen molar-refractivity contribution in [1.29, 1.82) is 0 Å². The van der Waals surface area contributed by atoms with Gasteiger partial charge in [0.1, 0.15) is 6.29 Å². The molecule has 0 aliphatic carbocycles. The molecule has 0 atom stereocenters. The highest BCUT2D eigenvalue weighted by Crippen LogP contribution is 2.24. The van der Waals surface area contributed by atoms with Gasteiger partial charge < -0.3 is 5.32 Å². The fourth-order valence-electron chi connectivity index (χ4n) is 0.964. The molecular weight excluding hydrogens is 152 g/mol. The van der Waals surface area contributed by atoms with Crippen LogP contribution in [0.25, 0.3) is 0 Å². The van der Waals surface area contributed by atoms with Gasteiger partial charge in [-0.25, -0.2) is 0 Å². The van der Waals surface area contributed by atoms with E-state index in [1.54, 1.807) is 25.2 Å². The van der Waals surface area contributed by atoms with Gasteiger partial charge in [0.05, 0.1) is 11.4 Å². The Morgan fingerprint density at radius 3 is 2.83 bits per heavy atom. The Morgan fingerprint density at radius 1 is 1.58 bits per heavy atom. The average Bonchev–Trinajstić information content (AvgIpc) is 2.16. The second-order valence-electron chi connectivity index (χ2n) is 2.30. The fraction of sp³-hybridized carbons (Fsp3) is 0.111. The lowest BCUT2D eigenvalue weighted by Crippen LogP contribution is -1.89. The number of rotatable bonds is 3. The number of carbonyl (C=O) groups excluding carboxylic acids is 1. The molecule has 0 unspecified atom stereocenters. The van der Waals surface area contributed by atoms with Crippen LogP contribution in [0.1, 0.15) is 10.4 Å². The minimum Gasteiger partial charge on any atom is -0.386 e. The molecule has 0 heterocycles. The van der Waals surface area contributed by atoms with Crippen LogP contribution in [0.3, 0.4) is 0 Å². The molecule has 1 aromatic rings. The largest absolute Gasteiger partial charge is 0.386 e. The average molecular weight is 162 g/mol. The van der Waals surface area contributed by atoms with Gasteiger partial charge in [-0.3, -0.25) is 9.79 Å². The van der Waals surface area contributed by atoms with Crippen molar-refractivity contribution in [3.8, 4) is 0 Å². The molecule has 0 spiro atoms. The van der Waals surface area contributed by atoms with E-state index in [0.29, 0.717) is 11.3 Å². The summed E-state index contributed by atoms with van der Waals surface area (Å²) in [6, 6.07) is 5.22. The van der Waals surface area contributed by atoms with E-state index < -0.39 is 0 Å². The van der Waals surface area contributed by atoms with Crippen LogP contribution in [0.2, 0.25) is 0 Å². The van der Waals surface area contributed by atoms with E-state index in [1.807, 2.05) is 0 Å². The summed E-state index contributed by atoms with van der Waals surface area (Å²) in [5.41, 5.74) is 2.18. The third-order valence-corrected chi connectivity index (χ3v) is 1.60. The number of hydrogen-bond donors (Lipinski definition) is 1. The summed E-state index contributed by atoms with van der Waals surface area (Å²) in [7, 11) is 1.80. The third-order valence-electron chi connectivity index (χ3n) is 1.60. The van der Waals surface area contributed by atoms with E-state index in [1.165, 1.54) is 0 Å². The molecule has 0 aliphatic rings. The maximum absolute atomic E-state index is 10.4. The van der Waals surface area contributed by atoms with E-state index in [0.717, 1.165) is 12.0 Å². The summed E-state index contributed by atoms with van der Waals surface area (Å²) in [4.78, 5) is 14.2. The van der Waals surface area contributed by atoms with Gasteiger partial charge in [0.25, 0.3) is 0 Å². The maximum atomic E-state index is 10.4. The number of nitrogens with one attached hydrogen (secondary N) is 1. The number of aliphatic imine (C=N–C) groups is 1. The zero-order valence-electron chi connectivity index (χ0n) is 6.87. The SMILES string of the molecule is C=Nc1cc(C=O)ccc1NC. The van der Waals surface area contributed by atoms with Crippen molar-refractivity contribution in [2.75, 3.05) is 12.4 Å². The van der Waals surface area contributed by atoms with Crippen LogP contribution in [-0.2, 0) is 0 Å². The summed E-state index contributed by atoms with van der Waals surface area (Å²) < 4.78 is 0. The van der Waals surface area contributed by atoms with Crippen LogP contribution in [0, 0.1) is 0 Å². The summed E-state index contributed by atoms with van der Waals surface area (Å²) in [6.45, 7) is 3.41. The second kappa shape index (κ2) is 3.67. The molecule has 0 saturated carbocycles. The summed E-state index contributed by atoms with van der Waals surface area (Å²) in [6.07, 6.45) is 0.786. The lowest BCUT2D eigenvalue weighted by atomic mass is 10.2. The molecule has 0 fully saturated rings. The van der Waals surface area contributed by atoms with Crippen molar-refractivity contribution in [3.63, 3.8) is 0 Å². The molecule has 0 radical (unpaired) electrons. The molecule has 1 N–H and O–H groups in total. The highest BCUT2D eigenvalue weighted by molar-refractivity contribution is 5.81. The lowest BCUT2D eigenvalue weighted by molar-refractivity contribution is 0.112. The molecule has 12 heavy (non-hydrogen) atoms. The minimum absolute atomic E-state index is 0.608. The van der Waals surface area contributed by atoms with Crippen molar-refractivity contribution in [1.82, 2.24) is 0 Å². The van der Waals surface area contributed by atoms with E-state index in [2.05, 4.69) is 17.0 Å². The van der Waals surface area contributed by atoms with E-state index >= 15 is 0 Å². The van der Waals surface area contributed by atoms with E-state index in [9.17, 15) is 4.79 Å². The standard InChI is InChI=1S/C9H10N2O/c1-10-8-4-3-7(6-12)5-9(8)11-2/h3-6,10H,2H2,1H3. The molecule has 3 heteroatoms. The smallest absolute Gasteiger partial charge is 0.150 e. The predicted octanol–water partition coefficient (Wildman–Crippen LogP) is 1.87. The van der Waals surface area contributed by atoms with Gasteiger partial charge in [-0.1, -0.05) is 0 Å². The second-order valence-corrected chi connectivity index (χ2v) is 2.30. The van der Waals surface area contributed by atoms with Gasteiger partial charge >= 0.3 is 0 Å². The van der Waals surface area contributed by atoms with Crippen molar-refractivity contribution < 1.29 is 4.79 Å². The maximum Gasteiger partial charge on any atom is 0.150 e. The van der Waals surface area contributed by atoms with Crippen LogP contribution in [0.15, 0.2) is 23.2 Å². The molecule has 0 aliphatic heterocycles. The molecule has 1 aromatic carbocycles. The van der Waals surface area contributed by atoms with Crippen molar-refractivity contribution >= 4 is 24.4 Å². The Bertz CT molecular complexity index is 307. The van der Waals surface area contributed by atoms with Crippen LogP contribution in [0.4, 0.5) is 11.4 Å². The number of anilines is 1. The van der Waals surface area contributed by atoms with Gasteiger partial charge in [-0.2, -0.15) is 0 Å². The first kappa shape index (κ1) is 8.46. The molecule has 0 saturated heterocycles. The molecule has 3 nitrogen and oxygen atoms in total. The first-order valence-corrected chi connectivity index (χ1v) is 3.55. The monoisotopic (exact) mass is 162 g/mol. The zero-order valence-corrected chi connectivity index (χ0v) is 6.87. The van der Waals surface area contributed by atoms with Crippen molar-refractivity contribution in [2.45, 2.75) is 0 Å². The van der Waals surface area contributed by atoms with Gasteiger partial charge in [-0.05, 0) is 24.9 Å². The molecule has 62 valence electrons. The molecule has 1 rings (SSSR count). The number of hydrogen-bond acceptors (Lipinski definition) is 3. The first-order chi connectivity index (χ1) is 5.81.